The minimum absolute atomic E-state index is 0.220. The lowest BCUT2D eigenvalue weighted by atomic mass is 10.1. The van der Waals surface area contributed by atoms with Gasteiger partial charge in [0, 0.05) is 25.4 Å². The monoisotopic (exact) mass is 297 g/mol. The predicted molar refractivity (Wildman–Crippen MR) is 81.7 cm³/mol. The summed E-state index contributed by atoms with van der Waals surface area (Å²) in [6.07, 6.45) is 2.20. The third kappa shape index (κ3) is 2.63. The Hall–Kier alpha value is -2.89. The molecular formula is C16H15N3O3. The van der Waals surface area contributed by atoms with Crippen LogP contribution >= 0.6 is 0 Å². The fraction of sp³-hybridized carbons (Fsp3) is 0.188. The SMILES string of the molecule is Cn1nc(C(=O)NCCc2ccco2)c2ccccc2c1=O. The molecule has 3 rings (SSSR count). The summed E-state index contributed by atoms with van der Waals surface area (Å²) in [6, 6.07) is 10.6. The zero-order valence-electron chi connectivity index (χ0n) is 12.1. The fourth-order valence-corrected chi connectivity index (χ4v) is 2.31. The van der Waals surface area contributed by atoms with Crippen LogP contribution in [-0.2, 0) is 13.5 Å². The molecule has 0 bridgehead atoms. The molecule has 3 aromatic rings. The highest BCUT2D eigenvalue weighted by Crippen LogP contribution is 2.12. The number of aryl methyl sites for hydroxylation is 1. The van der Waals surface area contributed by atoms with E-state index in [0.29, 0.717) is 23.7 Å². The first-order valence-electron chi connectivity index (χ1n) is 6.93. The molecule has 0 fully saturated rings. The van der Waals surface area contributed by atoms with Crippen LogP contribution in [0.15, 0.2) is 51.9 Å². The summed E-state index contributed by atoms with van der Waals surface area (Å²) >= 11 is 0. The van der Waals surface area contributed by atoms with Crippen molar-refractivity contribution in [3.05, 3.63) is 64.5 Å². The first-order valence-corrected chi connectivity index (χ1v) is 6.93. The Labute approximate surface area is 126 Å². The Morgan fingerprint density at radius 3 is 2.73 bits per heavy atom. The number of nitrogens with one attached hydrogen (secondary N) is 1. The molecule has 22 heavy (non-hydrogen) atoms. The molecule has 0 aliphatic carbocycles. The van der Waals surface area contributed by atoms with Crippen molar-refractivity contribution in [1.82, 2.24) is 15.1 Å². The van der Waals surface area contributed by atoms with Crippen molar-refractivity contribution in [2.75, 3.05) is 6.54 Å². The molecule has 1 amide bonds. The Bertz CT molecular complexity index is 866. The first-order chi connectivity index (χ1) is 10.7. The largest absolute Gasteiger partial charge is 0.469 e. The first kappa shape index (κ1) is 14.1. The summed E-state index contributed by atoms with van der Waals surface area (Å²) in [6.45, 7) is 0.436. The molecule has 112 valence electrons. The topological polar surface area (TPSA) is 77.1 Å². The van der Waals surface area contributed by atoms with Crippen molar-refractivity contribution >= 4 is 16.7 Å². The van der Waals surface area contributed by atoms with Crippen LogP contribution in [0.2, 0.25) is 0 Å². The molecule has 0 saturated carbocycles. The number of aromatic nitrogens is 2. The lowest BCUT2D eigenvalue weighted by molar-refractivity contribution is 0.0948. The van der Waals surface area contributed by atoms with Crippen LogP contribution in [0.5, 0.6) is 0 Å². The van der Waals surface area contributed by atoms with Gasteiger partial charge in [-0.15, -0.1) is 0 Å². The highest BCUT2D eigenvalue weighted by atomic mass is 16.3. The minimum atomic E-state index is -0.307. The quantitative estimate of drug-likeness (QED) is 0.791. The van der Waals surface area contributed by atoms with E-state index in [1.807, 2.05) is 6.07 Å². The second kappa shape index (κ2) is 5.85. The summed E-state index contributed by atoms with van der Waals surface area (Å²) in [4.78, 5) is 24.4. The molecule has 0 aliphatic rings. The highest BCUT2D eigenvalue weighted by Gasteiger charge is 2.15. The number of carbonyl (C=O) groups excluding carboxylic acids is 1. The molecule has 1 N–H and O–H groups in total. The molecule has 1 aromatic carbocycles. The number of fused-ring (bicyclic) bond motifs is 1. The van der Waals surface area contributed by atoms with Crippen LogP contribution < -0.4 is 10.9 Å². The normalized spacial score (nSPS) is 10.8. The maximum absolute atomic E-state index is 12.3. The van der Waals surface area contributed by atoms with Gasteiger partial charge in [-0.2, -0.15) is 5.10 Å². The maximum Gasteiger partial charge on any atom is 0.274 e. The Morgan fingerprint density at radius 2 is 2.00 bits per heavy atom. The molecule has 2 aromatic heterocycles. The van der Waals surface area contributed by atoms with E-state index in [9.17, 15) is 9.59 Å². The second-order valence-electron chi connectivity index (χ2n) is 4.91. The number of amides is 1. The summed E-state index contributed by atoms with van der Waals surface area (Å²) in [5.74, 6) is 0.497. The molecule has 0 radical (unpaired) electrons. The molecular weight excluding hydrogens is 282 g/mol. The van der Waals surface area contributed by atoms with Crippen molar-refractivity contribution in [3.8, 4) is 0 Å². The zero-order chi connectivity index (χ0) is 15.5. The number of hydrogen-bond donors (Lipinski definition) is 1. The van der Waals surface area contributed by atoms with E-state index in [4.69, 9.17) is 4.42 Å². The van der Waals surface area contributed by atoms with Crippen molar-refractivity contribution < 1.29 is 9.21 Å². The van der Waals surface area contributed by atoms with Gasteiger partial charge in [0.05, 0.1) is 11.6 Å². The maximum atomic E-state index is 12.3. The van der Waals surface area contributed by atoms with Gasteiger partial charge in [-0.1, -0.05) is 18.2 Å². The van der Waals surface area contributed by atoms with Crippen molar-refractivity contribution in [3.63, 3.8) is 0 Å². The summed E-state index contributed by atoms with van der Waals surface area (Å²) in [5.41, 5.74) is 0.0277. The summed E-state index contributed by atoms with van der Waals surface area (Å²) in [7, 11) is 1.54. The van der Waals surface area contributed by atoms with Gasteiger partial charge >= 0.3 is 0 Å². The number of benzene rings is 1. The van der Waals surface area contributed by atoms with E-state index in [-0.39, 0.29) is 17.2 Å². The average molecular weight is 297 g/mol. The molecule has 0 aliphatic heterocycles. The number of carbonyl (C=O) groups is 1. The molecule has 6 nitrogen and oxygen atoms in total. The van der Waals surface area contributed by atoms with Crippen molar-refractivity contribution in [1.29, 1.82) is 0 Å². The second-order valence-corrected chi connectivity index (χ2v) is 4.91. The van der Waals surface area contributed by atoms with Crippen LogP contribution in [-0.4, -0.2) is 22.2 Å². The third-order valence-electron chi connectivity index (χ3n) is 3.41. The number of furan rings is 1. The summed E-state index contributed by atoms with van der Waals surface area (Å²) < 4.78 is 6.40. The van der Waals surface area contributed by atoms with E-state index < -0.39 is 0 Å². The zero-order valence-corrected chi connectivity index (χ0v) is 12.1. The lowest BCUT2D eigenvalue weighted by Gasteiger charge is -2.08. The van der Waals surface area contributed by atoms with E-state index in [1.165, 1.54) is 11.7 Å². The van der Waals surface area contributed by atoms with Gasteiger partial charge in [-0.3, -0.25) is 9.59 Å². The molecule has 0 spiro atoms. The number of hydrogen-bond acceptors (Lipinski definition) is 4. The standard InChI is InChI=1S/C16H15N3O3/c1-19-16(21)13-7-3-2-6-12(13)14(18-19)15(20)17-9-8-11-5-4-10-22-11/h2-7,10H,8-9H2,1H3,(H,17,20). The third-order valence-corrected chi connectivity index (χ3v) is 3.41. The van der Waals surface area contributed by atoms with Crippen molar-refractivity contribution in [2.45, 2.75) is 6.42 Å². The number of rotatable bonds is 4. The van der Waals surface area contributed by atoms with Gasteiger partial charge < -0.3 is 9.73 Å². The Morgan fingerprint density at radius 1 is 1.23 bits per heavy atom. The molecule has 0 saturated heterocycles. The minimum Gasteiger partial charge on any atom is -0.469 e. The molecule has 0 atom stereocenters. The van der Waals surface area contributed by atoms with Gasteiger partial charge in [0.1, 0.15) is 5.76 Å². The average Bonchev–Trinajstić information content (AvgIpc) is 3.04. The van der Waals surface area contributed by atoms with Crippen molar-refractivity contribution in [2.24, 2.45) is 7.05 Å². The van der Waals surface area contributed by atoms with E-state index >= 15 is 0 Å². The predicted octanol–water partition coefficient (Wildman–Crippen LogP) is 1.50. The Balaban J connectivity index is 1.84. The molecule has 0 unspecified atom stereocenters. The van der Waals surface area contributed by atoms with E-state index in [2.05, 4.69) is 10.4 Å². The lowest BCUT2D eigenvalue weighted by Crippen LogP contribution is -2.30. The number of nitrogens with zero attached hydrogens (tertiary/aromatic N) is 2. The van der Waals surface area contributed by atoms with Crippen LogP contribution in [0.25, 0.3) is 10.8 Å². The van der Waals surface area contributed by atoms with Gasteiger partial charge in [-0.25, -0.2) is 4.68 Å². The highest BCUT2D eigenvalue weighted by molar-refractivity contribution is 6.04. The summed E-state index contributed by atoms with van der Waals surface area (Å²) in [5, 5.41) is 7.92. The Kier molecular flexibility index (Phi) is 3.74. The van der Waals surface area contributed by atoms with Gasteiger partial charge in [0.15, 0.2) is 5.69 Å². The van der Waals surface area contributed by atoms with E-state index in [0.717, 1.165) is 5.76 Å². The van der Waals surface area contributed by atoms with Crippen LogP contribution in [0.3, 0.4) is 0 Å². The van der Waals surface area contributed by atoms with Crippen LogP contribution in [0.4, 0.5) is 0 Å². The molecule has 6 heteroatoms. The fourth-order valence-electron chi connectivity index (χ4n) is 2.31. The molecule has 2 heterocycles. The van der Waals surface area contributed by atoms with Gasteiger partial charge in [-0.05, 0) is 18.2 Å². The van der Waals surface area contributed by atoms with Crippen LogP contribution in [0, 0.1) is 0 Å². The van der Waals surface area contributed by atoms with Crippen LogP contribution in [0.1, 0.15) is 16.2 Å². The van der Waals surface area contributed by atoms with Gasteiger partial charge in [0.2, 0.25) is 0 Å². The smallest absolute Gasteiger partial charge is 0.274 e. The van der Waals surface area contributed by atoms with E-state index in [1.54, 1.807) is 36.6 Å². The van der Waals surface area contributed by atoms with Gasteiger partial charge in [0.25, 0.3) is 11.5 Å².